The molecule has 1 atom stereocenters. The van der Waals surface area contributed by atoms with Crippen LogP contribution in [-0.2, 0) is 4.74 Å². The quantitative estimate of drug-likeness (QED) is 0.533. The van der Waals surface area contributed by atoms with Crippen LogP contribution >= 0.6 is 0 Å². The van der Waals surface area contributed by atoms with Crippen molar-refractivity contribution in [3.8, 4) is 0 Å². The van der Waals surface area contributed by atoms with Gasteiger partial charge in [-0.1, -0.05) is 0 Å². The average molecular weight is 356 g/mol. The molecule has 24 heavy (non-hydrogen) atoms. The van der Waals surface area contributed by atoms with Crippen LogP contribution in [-0.4, -0.2) is 80.6 Å². The predicted octanol–water partition coefficient (Wildman–Crippen LogP) is 2.02. The van der Waals surface area contributed by atoms with E-state index >= 15 is 0 Å². The van der Waals surface area contributed by atoms with Gasteiger partial charge >= 0.3 is 18.4 Å². The highest BCUT2D eigenvalue weighted by molar-refractivity contribution is 6.17. The van der Waals surface area contributed by atoms with Gasteiger partial charge in [-0.3, -0.25) is 4.90 Å². The normalized spacial score (nSPS) is 21.7. The molecule has 0 N–H and O–H groups in total. The van der Waals surface area contributed by atoms with Crippen molar-refractivity contribution >= 4 is 21.8 Å². The van der Waals surface area contributed by atoms with Gasteiger partial charge < -0.3 is 9.64 Å². The van der Waals surface area contributed by atoms with Crippen LogP contribution in [0.25, 0.3) is 0 Å². The van der Waals surface area contributed by atoms with Crippen LogP contribution in [0.5, 0.6) is 0 Å². The number of carbonyl (C=O) groups excluding carboxylic acids is 1. The Balaban J connectivity index is 2.92. The number of carbonyl (C=O) groups is 1. The Morgan fingerprint density at radius 2 is 1.50 bits per heavy atom. The molecule has 4 radical (unpaired) electrons. The van der Waals surface area contributed by atoms with E-state index in [1.807, 2.05) is 25.7 Å². The third-order valence-electron chi connectivity index (χ3n) is 3.69. The minimum atomic E-state index is -6.03. The summed E-state index contributed by atoms with van der Waals surface area (Å²) in [7, 11) is 10.0. The summed E-state index contributed by atoms with van der Waals surface area (Å²) in [5.74, 6) is -1.13. The molecule has 1 aliphatic heterocycles. The summed E-state index contributed by atoms with van der Waals surface area (Å²) in [5, 5.41) is 0. The number of ether oxygens (including phenoxy) is 1. The molecule has 1 amide bonds. The number of rotatable bonds is 1. The Bertz CT molecular complexity index is 464. The molecule has 0 bridgehead atoms. The van der Waals surface area contributed by atoms with Crippen LogP contribution in [0.15, 0.2) is 0 Å². The summed E-state index contributed by atoms with van der Waals surface area (Å²) >= 11 is 0. The molecule has 0 aromatic carbocycles. The zero-order valence-electron chi connectivity index (χ0n) is 13.3. The van der Waals surface area contributed by atoms with Gasteiger partial charge in [0.1, 0.15) is 7.85 Å². The Kier molecular flexibility index (Phi) is 5.55. The highest BCUT2D eigenvalue weighted by atomic mass is 19.4. The van der Waals surface area contributed by atoms with E-state index in [1.165, 1.54) is 0 Å². The average Bonchev–Trinajstić information content (AvgIpc) is 2.34. The van der Waals surface area contributed by atoms with Crippen LogP contribution in [0.1, 0.15) is 20.8 Å². The maximum atomic E-state index is 12.7. The number of nitrogens with zero attached hydrogens (tertiary/aromatic N) is 2. The summed E-state index contributed by atoms with van der Waals surface area (Å²) in [6, 6.07) is 0. The van der Waals surface area contributed by atoms with Crippen LogP contribution in [0, 0.1) is 0 Å². The van der Waals surface area contributed by atoms with Crippen LogP contribution in [0.4, 0.5) is 31.1 Å². The van der Waals surface area contributed by atoms with Gasteiger partial charge in [0, 0.05) is 31.1 Å². The predicted molar refractivity (Wildman–Crippen MR) is 74.7 cm³/mol. The van der Waals surface area contributed by atoms with Gasteiger partial charge in [0.25, 0.3) is 5.50 Å². The van der Waals surface area contributed by atoms with Crippen molar-refractivity contribution in [2.45, 2.75) is 50.1 Å². The Hall–Kier alpha value is -1.06. The van der Waals surface area contributed by atoms with Crippen molar-refractivity contribution in [2.75, 3.05) is 19.6 Å². The van der Waals surface area contributed by atoms with Gasteiger partial charge in [0.05, 0.1) is 0 Å². The largest absolute Gasteiger partial charge is 0.434 e. The highest BCUT2D eigenvalue weighted by Crippen LogP contribution is 2.44. The first-order chi connectivity index (χ1) is 10.5. The molecule has 0 spiro atoms. The fourth-order valence-electron chi connectivity index (χ4n) is 2.12. The Morgan fingerprint density at radius 3 is 1.83 bits per heavy atom. The van der Waals surface area contributed by atoms with Crippen LogP contribution in [0.3, 0.4) is 0 Å². The lowest BCUT2D eigenvalue weighted by atomic mass is 9.79. The topological polar surface area (TPSA) is 32.8 Å². The molecule has 1 fully saturated rings. The molecule has 0 aromatic heterocycles. The lowest BCUT2D eigenvalue weighted by Crippen LogP contribution is -2.64. The standard InChI is InChI=1S/C12H16B2F6N2O2/c1-9(2,3)21-4-5-22(7(13)6-21)8(23)24-10(14,11(15,16)17)12(18,19)20/h7H,4-6H2,1-3H3. The summed E-state index contributed by atoms with van der Waals surface area (Å²) in [6.07, 6.45) is -13.9. The molecule has 1 saturated heterocycles. The molecule has 1 aliphatic rings. The fraction of sp³-hybridized carbons (Fsp3) is 0.917. The number of piperazine rings is 1. The smallest absolute Gasteiger partial charge is 0.427 e. The maximum Gasteiger partial charge on any atom is 0.427 e. The first kappa shape index (κ1) is 21.0. The molecule has 134 valence electrons. The van der Waals surface area contributed by atoms with Gasteiger partial charge in [0.15, 0.2) is 7.85 Å². The zero-order chi connectivity index (χ0) is 19.1. The summed E-state index contributed by atoms with van der Waals surface area (Å²) in [4.78, 5) is 14.2. The third-order valence-corrected chi connectivity index (χ3v) is 3.69. The molecule has 4 nitrogen and oxygen atoms in total. The van der Waals surface area contributed by atoms with E-state index in [0.29, 0.717) is 4.90 Å². The molecule has 1 unspecified atom stereocenters. The van der Waals surface area contributed by atoms with Gasteiger partial charge in [0.2, 0.25) is 0 Å². The second-order valence-electron chi connectivity index (χ2n) is 6.48. The van der Waals surface area contributed by atoms with E-state index in [-0.39, 0.29) is 25.2 Å². The monoisotopic (exact) mass is 356 g/mol. The number of halogens is 6. The second kappa shape index (κ2) is 6.34. The molecule has 0 aromatic rings. The number of alkyl halides is 6. The lowest BCUT2D eigenvalue weighted by molar-refractivity contribution is -0.331. The minimum absolute atomic E-state index is 0.0637. The molecule has 1 heterocycles. The number of hydrogen-bond acceptors (Lipinski definition) is 3. The van der Waals surface area contributed by atoms with Gasteiger partial charge in [-0.05, 0) is 20.8 Å². The van der Waals surface area contributed by atoms with Crippen molar-refractivity contribution < 1.29 is 35.9 Å². The molecular weight excluding hydrogens is 340 g/mol. The number of hydrogen-bond donors (Lipinski definition) is 0. The van der Waals surface area contributed by atoms with Crippen molar-refractivity contribution in [2.24, 2.45) is 0 Å². The van der Waals surface area contributed by atoms with E-state index in [2.05, 4.69) is 12.6 Å². The van der Waals surface area contributed by atoms with Crippen molar-refractivity contribution in [3.63, 3.8) is 0 Å². The van der Waals surface area contributed by atoms with E-state index in [4.69, 9.17) is 7.85 Å². The molecule has 0 saturated carbocycles. The minimum Gasteiger partial charge on any atom is -0.434 e. The molecular formula is C12H16B2F6N2O2. The summed E-state index contributed by atoms with van der Waals surface area (Å²) in [6.45, 7) is 5.64. The van der Waals surface area contributed by atoms with E-state index in [9.17, 15) is 31.1 Å². The Labute approximate surface area is 138 Å². The second-order valence-corrected chi connectivity index (χ2v) is 6.48. The van der Waals surface area contributed by atoms with Crippen molar-refractivity contribution in [1.29, 1.82) is 0 Å². The van der Waals surface area contributed by atoms with Crippen molar-refractivity contribution in [1.82, 2.24) is 9.80 Å². The SMILES string of the molecule is [B]C1CN(C(C)(C)C)CCN1C(=O)OC([B])(C(F)(F)F)C(F)(F)F. The lowest BCUT2D eigenvalue weighted by Gasteiger charge is -2.46. The zero-order valence-corrected chi connectivity index (χ0v) is 13.3. The van der Waals surface area contributed by atoms with Gasteiger partial charge in [-0.15, -0.1) is 0 Å². The fourth-order valence-corrected chi connectivity index (χ4v) is 2.12. The van der Waals surface area contributed by atoms with Crippen LogP contribution < -0.4 is 0 Å². The Morgan fingerprint density at radius 1 is 1.04 bits per heavy atom. The number of amides is 1. The van der Waals surface area contributed by atoms with E-state index in [0.717, 1.165) is 0 Å². The van der Waals surface area contributed by atoms with Crippen molar-refractivity contribution in [3.05, 3.63) is 0 Å². The van der Waals surface area contributed by atoms with Gasteiger partial charge in [-0.25, -0.2) is 4.79 Å². The highest BCUT2D eigenvalue weighted by Gasteiger charge is 2.70. The van der Waals surface area contributed by atoms with Crippen LogP contribution in [0.2, 0.25) is 0 Å². The summed E-state index contributed by atoms with van der Waals surface area (Å²) < 4.78 is 79.6. The molecule has 12 heteroatoms. The third kappa shape index (κ3) is 4.12. The first-order valence-electron chi connectivity index (χ1n) is 6.93. The molecule has 1 rings (SSSR count). The first-order valence-corrected chi connectivity index (χ1v) is 6.93. The summed E-state index contributed by atoms with van der Waals surface area (Å²) in [5.41, 5.74) is -5.43. The van der Waals surface area contributed by atoms with E-state index in [1.54, 1.807) is 0 Å². The van der Waals surface area contributed by atoms with Gasteiger partial charge in [-0.2, -0.15) is 26.3 Å². The van der Waals surface area contributed by atoms with E-state index < -0.39 is 29.9 Å². The molecule has 0 aliphatic carbocycles. The maximum absolute atomic E-state index is 12.7.